The smallest absolute Gasteiger partial charge is 0.263 e. The fourth-order valence-electron chi connectivity index (χ4n) is 2.72. The van der Waals surface area contributed by atoms with Crippen molar-refractivity contribution in [2.75, 3.05) is 19.6 Å². The SMILES string of the molecule is O=S(=O)(c1ncccc1F)N1CCCC(CNC2CC2)C1. The highest BCUT2D eigenvalue weighted by atomic mass is 32.2. The lowest BCUT2D eigenvalue weighted by Gasteiger charge is -2.31. The third kappa shape index (κ3) is 3.41. The molecule has 0 aromatic carbocycles. The standard InChI is InChI=1S/C14H20FN3O2S/c15-13-4-1-7-16-14(13)21(19,20)18-8-2-3-11(10-18)9-17-12-5-6-12/h1,4,7,11-12,17H,2-3,5-6,8-10H2. The lowest BCUT2D eigenvalue weighted by Crippen LogP contribution is -2.43. The molecule has 0 radical (unpaired) electrons. The molecule has 0 bridgehead atoms. The van der Waals surface area contributed by atoms with Crippen LogP contribution < -0.4 is 5.32 Å². The van der Waals surface area contributed by atoms with Gasteiger partial charge in [0.1, 0.15) is 0 Å². The van der Waals surface area contributed by atoms with Crippen LogP contribution in [-0.4, -0.2) is 43.4 Å². The van der Waals surface area contributed by atoms with Gasteiger partial charge < -0.3 is 5.32 Å². The quantitative estimate of drug-likeness (QED) is 0.892. The van der Waals surface area contributed by atoms with Crippen molar-refractivity contribution in [3.8, 4) is 0 Å². The highest BCUT2D eigenvalue weighted by Crippen LogP contribution is 2.25. The average molecular weight is 313 g/mol. The predicted molar refractivity (Wildman–Crippen MR) is 76.7 cm³/mol. The molecule has 3 rings (SSSR count). The van der Waals surface area contributed by atoms with Crippen molar-refractivity contribution < 1.29 is 12.8 Å². The van der Waals surface area contributed by atoms with Crippen LogP contribution in [0.25, 0.3) is 0 Å². The van der Waals surface area contributed by atoms with Gasteiger partial charge in [-0.05, 0) is 50.3 Å². The lowest BCUT2D eigenvalue weighted by molar-refractivity contribution is 0.258. The maximum absolute atomic E-state index is 13.7. The first-order valence-corrected chi connectivity index (χ1v) is 8.85. The van der Waals surface area contributed by atoms with Crippen LogP contribution in [0.1, 0.15) is 25.7 Å². The zero-order valence-electron chi connectivity index (χ0n) is 11.8. The van der Waals surface area contributed by atoms with Crippen molar-refractivity contribution in [1.82, 2.24) is 14.6 Å². The molecule has 1 aliphatic heterocycles. The van der Waals surface area contributed by atoms with Crippen molar-refractivity contribution in [3.63, 3.8) is 0 Å². The zero-order chi connectivity index (χ0) is 14.9. The van der Waals surface area contributed by atoms with Gasteiger partial charge in [0, 0.05) is 25.3 Å². The Kier molecular flexibility index (Phi) is 4.24. The first-order chi connectivity index (χ1) is 10.1. The highest BCUT2D eigenvalue weighted by Gasteiger charge is 2.33. The molecule has 1 N–H and O–H groups in total. The van der Waals surface area contributed by atoms with E-state index < -0.39 is 20.9 Å². The summed E-state index contributed by atoms with van der Waals surface area (Å²) in [6, 6.07) is 3.15. The van der Waals surface area contributed by atoms with Crippen LogP contribution in [0.5, 0.6) is 0 Å². The van der Waals surface area contributed by atoms with Crippen molar-refractivity contribution in [1.29, 1.82) is 0 Å². The summed E-state index contributed by atoms with van der Waals surface area (Å²) in [5.41, 5.74) is 0. The monoisotopic (exact) mass is 313 g/mol. The molecule has 2 fully saturated rings. The summed E-state index contributed by atoms with van der Waals surface area (Å²) < 4.78 is 40.1. The zero-order valence-corrected chi connectivity index (χ0v) is 12.7. The Balaban J connectivity index is 1.70. The fourth-order valence-corrected chi connectivity index (χ4v) is 4.25. The number of hydrogen-bond acceptors (Lipinski definition) is 4. The number of sulfonamides is 1. The number of piperidine rings is 1. The first-order valence-electron chi connectivity index (χ1n) is 7.41. The Hall–Kier alpha value is -1.05. The van der Waals surface area contributed by atoms with E-state index in [1.54, 1.807) is 0 Å². The van der Waals surface area contributed by atoms with Crippen LogP contribution in [0, 0.1) is 11.7 Å². The van der Waals surface area contributed by atoms with Gasteiger partial charge in [0.2, 0.25) is 5.03 Å². The summed E-state index contributed by atoms with van der Waals surface area (Å²) in [4.78, 5) is 3.71. The third-order valence-electron chi connectivity index (χ3n) is 4.06. The number of pyridine rings is 1. The minimum absolute atomic E-state index is 0.292. The van der Waals surface area contributed by atoms with Crippen molar-refractivity contribution >= 4 is 10.0 Å². The molecule has 1 aliphatic carbocycles. The van der Waals surface area contributed by atoms with Gasteiger partial charge in [-0.15, -0.1) is 0 Å². The summed E-state index contributed by atoms with van der Waals surface area (Å²) in [7, 11) is -3.83. The molecule has 7 heteroatoms. The molecule has 2 heterocycles. The number of nitrogens with one attached hydrogen (secondary N) is 1. The minimum atomic E-state index is -3.83. The lowest BCUT2D eigenvalue weighted by atomic mass is 10.00. The molecule has 0 spiro atoms. The van der Waals surface area contributed by atoms with Crippen LogP contribution in [0.4, 0.5) is 4.39 Å². The van der Waals surface area contributed by atoms with E-state index in [1.807, 2.05) is 0 Å². The van der Waals surface area contributed by atoms with Gasteiger partial charge in [-0.3, -0.25) is 0 Å². The summed E-state index contributed by atoms with van der Waals surface area (Å²) in [5, 5.41) is 2.98. The molecule has 5 nitrogen and oxygen atoms in total. The molecule has 1 unspecified atom stereocenters. The third-order valence-corrected chi connectivity index (χ3v) is 5.86. The molecular weight excluding hydrogens is 293 g/mol. The molecule has 116 valence electrons. The summed E-state index contributed by atoms with van der Waals surface area (Å²) in [6.07, 6.45) is 5.56. The van der Waals surface area contributed by atoms with Gasteiger partial charge in [0.25, 0.3) is 10.0 Å². The number of aromatic nitrogens is 1. The maximum atomic E-state index is 13.7. The van der Waals surface area contributed by atoms with E-state index in [4.69, 9.17) is 0 Å². The average Bonchev–Trinajstić information content (AvgIpc) is 3.30. The van der Waals surface area contributed by atoms with Crippen LogP contribution >= 0.6 is 0 Å². The normalized spacial score (nSPS) is 24.1. The van der Waals surface area contributed by atoms with E-state index in [1.165, 1.54) is 29.4 Å². The summed E-state index contributed by atoms with van der Waals surface area (Å²) in [6.45, 7) is 1.72. The van der Waals surface area contributed by atoms with E-state index in [2.05, 4.69) is 10.3 Å². The minimum Gasteiger partial charge on any atom is -0.314 e. The summed E-state index contributed by atoms with van der Waals surface area (Å²) in [5.74, 6) is -0.489. The second kappa shape index (κ2) is 5.98. The van der Waals surface area contributed by atoms with Gasteiger partial charge in [-0.25, -0.2) is 17.8 Å². The molecule has 1 saturated heterocycles. The van der Waals surface area contributed by atoms with E-state index in [0.717, 1.165) is 25.5 Å². The Bertz CT molecular complexity index is 604. The largest absolute Gasteiger partial charge is 0.314 e. The van der Waals surface area contributed by atoms with E-state index in [0.29, 0.717) is 25.0 Å². The number of halogens is 1. The van der Waals surface area contributed by atoms with Gasteiger partial charge in [0.05, 0.1) is 0 Å². The fraction of sp³-hybridized carbons (Fsp3) is 0.643. The molecule has 1 aromatic rings. The molecule has 1 aromatic heterocycles. The predicted octanol–water partition coefficient (Wildman–Crippen LogP) is 1.37. The maximum Gasteiger partial charge on any atom is 0.263 e. The Morgan fingerprint density at radius 3 is 2.90 bits per heavy atom. The molecule has 1 saturated carbocycles. The van der Waals surface area contributed by atoms with Crippen LogP contribution in [-0.2, 0) is 10.0 Å². The van der Waals surface area contributed by atoms with Gasteiger partial charge in [0.15, 0.2) is 5.82 Å². The topological polar surface area (TPSA) is 62.3 Å². The van der Waals surface area contributed by atoms with Crippen molar-refractivity contribution in [2.45, 2.75) is 36.8 Å². The number of rotatable bonds is 5. The van der Waals surface area contributed by atoms with E-state index in [9.17, 15) is 12.8 Å². The van der Waals surface area contributed by atoms with Crippen molar-refractivity contribution in [3.05, 3.63) is 24.1 Å². The second-order valence-electron chi connectivity index (χ2n) is 5.84. The van der Waals surface area contributed by atoms with Crippen LogP contribution in [0.2, 0.25) is 0 Å². The number of hydrogen-bond donors (Lipinski definition) is 1. The Morgan fingerprint density at radius 1 is 1.38 bits per heavy atom. The first kappa shape index (κ1) is 14.9. The van der Waals surface area contributed by atoms with Gasteiger partial charge in [-0.1, -0.05) is 0 Å². The van der Waals surface area contributed by atoms with Gasteiger partial charge >= 0.3 is 0 Å². The van der Waals surface area contributed by atoms with Crippen molar-refractivity contribution in [2.24, 2.45) is 5.92 Å². The highest BCUT2D eigenvalue weighted by molar-refractivity contribution is 7.89. The molecule has 21 heavy (non-hydrogen) atoms. The molecule has 2 aliphatic rings. The number of nitrogens with zero attached hydrogens (tertiary/aromatic N) is 2. The second-order valence-corrected chi connectivity index (χ2v) is 7.70. The molecular formula is C14H20FN3O2S. The Morgan fingerprint density at radius 2 is 2.19 bits per heavy atom. The van der Waals surface area contributed by atoms with Crippen LogP contribution in [0.3, 0.4) is 0 Å². The molecule has 1 atom stereocenters. The van der Waals surface area contributed by atoms with Gasteiger partial charge in [-0.2, -0.15) is 4.31 Å². The Labute approximate surface area is 124 Å². The molecule has 0 amide bonds. The summed E-state index contributed by atoms with van der Waals surface area (Å²) >= 11 is 0. The van der Waals surface area contributed by atoms with Crippen LogP contribution in [0.15, 0.2) is 23.4 Å². The van der Waals surface area contributed by atoms with E-state index in [-0.39, 0.29) is 0 Å². The van der Waals surface area contributed by atoms with E-state index >= 15 is 0 Å².